The van der Waals surface area contributed by atoms with Crippen LogP contribution in [-0.2, 0) is 6.54 Å². The van der Waals surface area contributed by atoms with Crippen LogP contribution in [0.2, 0.25) is 5.02 Å². The zero-order chi connectivity index (χ0) is 17.2. The molecule has 4 rings (SSSR count). The molecule has 1 aromatic heterocycles. The van der Waals surface area contributed by atoms with Gasteiger partial charge in [0, 0.05) is 17.1 Å². The molecule has 0 bridgehead atoms. The number of benzene rings is 2. The summed E-state index contributed by atoms with van der Waals surface area (Å²) in [6, 6.07) is 16.6. The van der Waals surface area contributed by atoms with Gasteiger partial charge in [0.1, 0.15) is 0 Å². The Balaban J connectivity index is 1.72. The molecule has 0 amide bonds. The predicted octanol–water partition coefficient (Wildman–Crippen LogP) is 4.42. The standard InChI is InChI=1S/C20H23ClN4/c21-15-8-2-1-7-14(15)13-25-19-12-6-5-11-18(19)24-20(25)23-17-10-4-3-9-16(17)22/h1-2,5-8,11-12,16-17H,3-4,9-10,13,22H2,(H,23,24)/t16-,17-/m0/s1. The summed E-state index contributed by atoms with van der Waals surface area (Å²) < 4.78 is 2.21. The Morgan fingerprint density at radius 2 is 1.84 bits per heavy atom. The number of rotatable bonds is 4. The molecular formula is C20H23ClN4. The molecule has 1 heterocycles. The van der Waals surface area contributed by atoms with E-state index in [-0.39, 0.29) is 12.1 Å². The van der Waals surface area contributed by atoms with Crippen LogP contribution in [0.15, 0.2) is 48.5 Å². The number of hydrogen-bond donors (Lipinski definition) is 2. The molecule has 2 aromatic carbocycles. The van der Waals surface area contributed by atoms with E-state index < -0.39 is 0 Å². The van der Waals surface area contributed by atoms with E-state index in [1.54, 1.807) is 0 Å². The van der Waals surface area contributed by atoms with Gasteiger partial charge in [-0.05, 0) is 36.6 Å². The monoisotopic (exact) mass is 354 g/mol. The van der Waals surface area contributed by atoms with E-state index in [1.165, 1.54) is 12.8 Å². The van der Waals surface area contributed by atoms with Crippen molar-refractivity contribution in [2.75, 3.05) is 5.32 Å². The second-order valence-corrected chi connectivity index (χ2v) is 7.21. The van der Waals surface area contributed by atoms with Gasteiger partial charge < -0.3 is 15.6 Å². The molecule has 3 aromatic rings. The van der Waals surface area contributed by atoms with Crippen molar-refractivity contribution in [3.05, 3.63) is 59.1 Å². The van der Waals surface area contributed by atoms with Gasteiger partial charge in [-0.2, -0.15) is 0 Å². The second kappa shape index (κ2) is 7.06. The van der Waals surface area contributed by atoms with Gasteiger partial charge >= 0.3 is 0 Å². The fourth-order valence-corrected chi connectivity index (χ4v) is 3.84. The molecule has 5 heteroatoms. The number of anilines is 1. The average Bonchev–Trinajstić information content (AvgIpc) is 2.96. The quantitative estimate of drug-likeness (QED) is 0.729. The summed E-state index contributed by atoms with van der Waals surface area (Å²) in [4.78, 5) is 4.82. The van der Waals surface area contributed by atoms with E-state index in [4.69, 9.17) is 22.3 Å². The summed E-state index contributed by atoms with van der Waals surface area (Å²) in [6.07, 6.45) is 4.60. The number of fused-ring (bicyclic) bond motifs is 1. The molecule has 25 heavy (non-hydrogen) atoms. The summed E-state index contributed by atoms with van der Waals surface area (Å²) in [5, 5.41) is 4.39. The van der Waals surface area contributed by atoms with Crippen molar-refractivity contribution >= 4 is 28.6 Å². The van der Waals surface area contributed by atoms with Crippen LogP contribution < -0.4 is 11.1 Å². The number of nitrogens with two attached hydrogens (primary N) is 1. The van der Waals surface area contributed by atoms with E-state index >= 15 is 0 Å². The lowest BCUT2D eigenvalue weighted by Gasteiger charge is -2.29. The Morgan fingerprint density at radius 3 is 2.68 bits per heavy atom. The van der Waals surface area contributed by atoms with Crippen LogP contribution in [-0.4, -0.2) is 21.6 Å². The van der Waals surface area contributed by atoms with Crippen LogP contribution in [0.4, 0.5) is 5.95 Å². The van der Waals surface area contributed by atoms with E-state index in [1.807, 2.05) is 36.4 Å². The molecule has 3 N–H and O–H groups in total. The summed E-state index contributed by atoms with van der Waals surface area (Å²) in [7, 11) is 0. The van der Waals surface area contributed by atoms with Gasteiger partial charge in [0.2, 0.25) is 5.95 Å². The predicted molar refractivity (Wildman–Crippen MR) is 104 cm³/mol. The smallest absolute Gasteiger partial charge is 0.204 e. The van der Waals surface area contributed by atoms with Crippen LogP contribution in [0.25, 0.3) is 11.0 Å². The normalized spacial score (nSPS) is 20.7. The first-order valence-corrected chi connectivity index (χ1v) is 9.31. The maximum Gasteiger partial charge on any atom is 0.204 e. The molecule has 0 aliphatic heterocycles. The minimum atomic E-state index is 0.183. The van der Waals surface area contributed by atoms with Crippen LogP contribution in [0.1, 0.15) is 31.2 Å². The molecule has 1 aliphatic rings. The maximum absolute atomic E-state index is 6.39. The lowest BCUT2D eigenvalue weighted by atomic mass is 9.91. The second-order valence-electron chi connectivity index (χ2n) is 6.80. The largest absolute Gasteiger partial charge is 0.351 e. The van der Waals surface area contributed by atoms with Crippen LogP contribution in [0.5, 0.6) is 0 Å². The Labute approximate surface area is 153 Å². The lowest BCUT2D eigenvalue weighted by Crippen LogP contribution is -2.43. The van der Waals surface area contributed by atoms with E-state index in [9.17, 15) is 0 Å². The van der Waals surface area contributed by atoms with Gasteiger partial charge in [-0.15, -0.1) is 0 Å². The minimum Gasteiger partial charge on any atom is -0.351 e. The van der Waals surface area contributed by atoms with E-state index in [0.29, 0.717) is 6.54 Å². The highest BCUT2D eigenvalue weighted by Crippen LogP contribution is 2.26. The highest BCUT2D eigenvalue weighted by molar-refractivity contribution is 6.31. The van der Waals surface area contributed by atoms with Crippen molar-refractivity contribution in [2.45, 2.75) is 44.3 Å². The van der Waals surface area contributed by atoms with Gasteiger partial charge in [-0.25, -0.2) is 4.98 Å². The molecule has 0 radical (unpaired) electrons. The van der Waals surface area contributed by atoms with Crippen LogP contribution in [0.3, 0.4) is 0 Å². The van der Waals surface area contributed by atoms with Crippen molar-refractivity contribution in [3.8, 4) is 0 Å². The molecule has 4 nitrogen and oxygen atoms in total. The first-order chi connectivity index (χ1) is 12.2. The zero-order valence-corrected chi connectivity index (χ0v) is 14.9. The molecule has 0 unspecified atom stereocenters. The molecule has 2 atom stereocenters. The van der Waals surface area contributed by atoms with Gasteiger partial charge in [0.15, 0.2) is 0 Å². The number of imidazole rings is 1. The molecule has 1 fully saturated rings. The van der Waals surface area contributed by atoms with Gasteiger partial charge in [-0.3, -0.25) is 0 Å². The molecule has 1 saturated carbocycles. The molecular weight excluding hydrogens is 332 g/mol. The lowest BCUT2D eigenvalue weighted by molar-refractivity contribution is 0.401. The third kappa shape index (κ3) is 3.37. The van der Waals surface area contributed by atoms with E-state index in [0.717, 1.165) is 40.4 Å². The first-order valence-electron chi connectivity index (χ1n) is 8.93. The minimum absolute atomic E-state index is 0.183. The van der Waals surface area contributed by atoms with Gasteiger partial charge in [0.25, 0.3) is 0 Å². The Morgan fingerprint density at radius 1 is 1.08 bits per heavy atom. The highest BCUT2D eigenvalue weighted by Gasteiger charge is 2.23. The summed E-state index contributed by atoms with van der Waals surface area (Å²) in [5.74, 6) is 0.878. The topological polar surface area (TPSA) is 55.9 Å². The fraction of sp³-hybridized carbons (Fsp3) is 0.350. The first kappa shape index (κ1) is 16.4. The number of nitrogens with one attached hydrogen (secondary N) is 1. The van der Waals surface area contributed by atoms with Crippen molar-refractivity contribution in [1.82, 2.24) is 9.55 Å². The van der Waals surface area contributed by atoms with Crippen molar-refractivity contribution in [3.63, 3.8) is 0 Å². The van der Waals surface area contributed by atoms with E-state index in [2.05, 4.69) is 22.0 Å². The zero-order valence-electron chi connectivity index (χ0n) is 14.2. The number of para-hydroxylation sites is 2. The summed E-state index contributed by atoms with van der Waals surface area (Å²) >= 11 is 6.39. The Hall–Kier alpha value is -2.04. The SMILES string of the molecule is N[C@H]1CCCC[C@@H]1Nc1nc2ccccc2n1Cc1ccccc1Cl. The Kier molecular flexibility index (Phi) is 4.64. The highest BCUT2D eigenvalue weighted by atomic mass is 35.5. The molecule has 0 spiro atoms. The maximum atomic E-state index is 6.39. The third-order valence-corrected chi connectivity index (χ3v) is 5.44. The fourth-order valence-electron chi connectivity index (χ4n) is 3.65. The van der Waals surface area contributed by atoms with Crippen molar-refractivity contribution in [1.29, 1.82) is 0 Å². The van der Waals surface area contributed by atoms with Crippen LogP contribution in [0, 0.1) is 0 Å². The summed E-state index contributed by atoms with van der Waals surface area (Å²) in [5.41, 5.74) is 9.51. The van der Waals surface area contributed by atoms with Gasteiger partial charge in [0.05, 0.1) is 17.6 Å². The van der Waals surface area contributed by atoms with Crippen molar-refractivity contribution < 1.29 is 0 Å². The van der Waals surface area contributed by atoms with Crippen molar-refractivity contribution in [2.24, 2.45) is 5.73 Å². The average molecular weight is 355 g/mol. The third-order valence-electron chi connectivity index (χ3n) is 5.07. The number of aromatic nitrogens is 2. The summed E-state index contributed by atoms with van der Waals surface area (Å²) in [6.45, 7) is 0.685. The Bertz CT molecular complexity index is 873. The number of nitrogens with zero attached hydrogens (tertiary/aromatic N) is 2. The number of hydrogen-bond acceptors (Lipinski definition) is 3. The molecule has 130 valence electrons. The van der Waals surface area contributed by atoms with Gasteiger partial charge in [-0.1, -0.05) is 54.8 Å². The molecule has 0 saturated heterocycles. The van der Waals surface area contributed by atoms with Crippen LogP contribution >= 0.6 is 11.6 Å². The molecule has 1 aliphatic carbocycles. The number of halogens is 1.